The molecule has 1 aliphatic rings. The highest BCUT2D eigenvalue weighted by Gasteiger charge is 2.28. The SMILES string of the molecule is Cc1nc(-c2ccc(CCNC(=O)CCN3C(=O)CCC3=O)cc2)cs1. The molecule has 1 aromatic heterocycles. The van der Waals surface area contributed by atoms with E-state index in [0.29, 0.717) is 6.54 Å². The summed E-state index contributed by atoms with van der Waals surface area (Å²) in [5, 5.41) is 5.92. The Morgan fingerprint density at radius 2 is 1.88 bits per heavy atom. The first kappa shape index (κ1) is 18.3. The summed E-state index contributed by atoms with van der Waals surface area (Å²) in [6, 6.07) is 8.15. The summed E-state index contributed by atoms with van der Waals surface area (Å²) < 4.78 is 0. The van der Waals surface area contributed by atoms with E-state index in [1.165, 1.54) is 4.90 Å². The van der Waals surface area contributed by atoms with Crippen LogP contribution in [-0.2, 0) is 20.8 Å². The molecule has 0 bridgehead atoms. The second-order valence-corrected chi connectivity index (χ2v) is 7.30. The van der Waals surface area contributed by atoms with Gasteiger partial charge in [0.05, 0.1) is 10.7 Å². The molecule has 3 amide bonds. The number of nitrogens with one attached hydrogen (secondary N) is 1. The number of hydrogen-bond donors (Lipinski definition) is 1. The van der Waals surface area contributed by atoms with Crippen molar-refractivity contribution in [2.45, 2.75) is 32.6 Å². The molecule has 0 atom stereocenters. The number of likely N-dealkylation sites (tertiary alicyclic amines) is 1. The van der Waals surface area contributed by atoms with E-state index in [1.807, 2.05) is 36.6 Å². The maximum Gasteiger partial charge on any atom is 0.229 e. The molecule has 0 spiro atoms. The highest BCUT2D eigenvalue weighted by Crippen LogP contribution is 2.21. The number of amides is 3. The van der Waals surface area contributed by atoms with Gasteiger partial charge in [-0.1, -0.05) is 24.3 Å². The normalized spacial score (nSPS) is 14.1. The van der Waals surface area contributed by atoms with Gasteiger partial charge in [-0.15, -0.1) is 11.3 Å². The number of imide groups is 1. The van der Waals surface area contributed by atoms with Gasteiger partial charge in [-0.2, -0.15) is 0 Å². The molecule has 3 rings (SSSR count). The Bertz CT molecular complexity index is 798. The third kappa shape index (κ3) is 4.54. The van der Waals surface area contributed by atoms with Crippen LogP contribution < -0.4 is 5.32 Å². The quantitative estimate of drug-likeness (QED) is 0.758. The fourth-order valence-corrected chi connectivity index (χ4v) is 3.48. The predicted molar refractivity (Wildman–Crippen MR) is 99.6 cm³/mol. The molecule has 0 radical (unpaired) electrons. The number of aryl methyl sites for hydroxylation is 1. The second-order valence-electron chi connectivity index (χ2n) is 6.24. The smallest absolute Gasteiger partial charge is 0.229 e. The molecule has 7 heteroatoms. The van der Waals surface area contributed by atoms with Crippen molar-refractivity contribution in [1.82, 2.24) is 15.2 Å². The van der Waals surface area contributed by atoms with Crippen LogP contribution in [0.25, 0.3) is 11.3 Å². The van der Waals surface area contributed by atoms with E-state index >= 15 is 0 Å². The molecule has 1 aromatic carbocycles. The van der Waals surface area contributed by atoms with Crippen LogP contribution in [0.15, 0.2) is 29.6 Å². The Morgan fingerprint density at radius 3 is 2.50 bits per heavy atom. The van der Waals surface area contributed by atoms with Crippen LogP contribution in [-0.4, -0.2) is 40.7 Å². The molecule has 6 nitrogen and oxygen atoms in total. The zero-order valence-electron chi connectivity index (χ0n) is 14.7. The highest BCUT2D eigenvalue weighted by molar-refractivity contribution is 7.09. The van der Waals surface area contributed by atoms with Crippen LogP contribution in [0.2, 0.25) is 0 Å². The van der Waals surface area contributed by atoms with E-state index < -0.39 is 0 Å². The van der Waals surface area contributed by atoms with E-state index in [0.717, 1.165) is 28.2 Å². The lowest BCUT2D eigenvalue weighted by Crippen LogP contribution is -2.34. The zero-order chi connectivity index (χ0) is 18.5. The molecule has 1 saturated heterocycles. The maximum atomic E-state index is 11.9. The molecule has 1 aliphatic heterocycles. The highest BCUT2D eigenvalue weighted by atomic mass is 32.1. The molecule has 2 heterocycles. The minimum atomic E-state index is -0.182. The minimum absolute atomic E-state index is 0.146. The fourth-order valence-electron chi connectivity index (χ4n) is 2.86. The van der Waals surface area contributed by atoms with Crippen molar-refractivity contribution >= 4 is 29.1 Å². The lowest BCUT2D eigenvalue weighted by molar-refractivity contribution is -0.138. The van der Waals surface area contributed by atoms with Gasteiger partial charge in [0, 0.05) is 43.3 Å². The number of aromatic nitrogens is 1. The van der Waals surface area contributed by atoms with Crippen molar-refractivity contribution in [2.75, 3.05) is 13.1 Å². The molecule has 2 aromatic rings. The standard InChI is InChI=1S/C19H21N3O3S/c1-13-21-16(12-26-13)15-4-2-14(3-5-15)8-10-20-17(23)9-11-22-18(24)6-7-19(22)25/h2-5,12H,6-11H2,1H3,(H,20,23). The molecule has 136 valence electrons. The Hall–Kier alpha value is -2.54. The zero-order valence-corrected chi connectivity index (χ0v) is 15.5. The van der Waals surface area contributed by atoms with Gasteiger partial charge >= 0.3 is 0 Å². The molecule has 1 fully saturated rings. The maximum absolute atomic E-state index is 11.9. The van der Waals surface area contributed by atoms with Crippen LogP contribution in [0.4, 0.5) is 0 Å². The van der Waals surface area contributed by atoms with E-state index in [9.17, 15) is 14.4 Å². The summed E-state index contributed by atoms with van der Waals surface area (Å²) in [4.78, 5) is 40.5. The van der Waals surface area contributed by atoms with E-state index in [1.54, 1.807) is 11.3 Å². The van der Waals surface area contributed by atoms with Crippen LogP contribution in [0.3, 0.4) is 0 Å². The minimum Gasteiger partial charge on any atom is -0.356 e. The average Bonchev–Trinajstić information content (AvgIpc) is 3.20. The first-order valence-corrected chi connectivity index (χ1v) is 9.52. The van der Waals surface area contributed by atoms with Crippen LogP contribution in [0.1, 0.15) is 29.8 Å². The van der Waals surface area contributed by atoms with Gasteiger partial charge in [0.2, 0.25) is 17.7 Å². The first-order valence-electron chi connectivity index (χ1n) is 8.64. The van der Waals surface area contributed by atoms with Crippen molar-refractivity contribution in [3.63, 3.8) is 0 Å². The van der Waals surface area contributed by atoms with Crippen molar-refractivity contribution < 1.29 is 14.4 Å². The third-order valence-corrected chi connectivity index (χ3v) is 5.10. The van der Waals surface area contributed by atoms with Crippen LogP contribution in [0, 0.1) is 6.92 Å². The monoisotopic (exact) mass is 371 g/mol. The largest absolute Gasteiger partial charge is 0.356 e. The summed E-state index contributed by atoms with van der Waals surface area (Å²) in [6.45, 7) is 2.68. The summed E-state index contributed by atoms with van der Waals surface area (Å²) >= 11 is 1.63. The lowest BCUT2D eigenvalue weighted by atomic mass is 10.1. The van der Waals surface area contributed by atoms with Gasteiger partial charge in [0.25, 0.3) is 0 Å². The number of carbonyl (C=O) groups excluding carboxylic acids is 3. The number of benzene rings is 1. The lowest BCUT2D eigenvalue weighted by Gasteiger charge is -2.13. The van der Waals surface area contributed by atoms with Gasteiger partial charge in [-0.25, -0.2) is 4.98 Å². The van der Waals surface area contributed by atoms with Gasteiger partial charge in [0.1, 0.15) is 0 Å². The average molecular weight is 371 g/mol. The fraction of sp³-hybridized carbons (Fsp3) is 0.368. The number of hydrogen-bond acceptors (Lipinski definition) is 5. The van der Waals surface area contributed by atoms with Gasteiger partial charge in [0.15, 0.2) is 0 Å². The molecule has 0 aliphatic carbocycles. The van der Waals surface area contributed by atoms with Crippen LogP contribution >= 0.6 is 11.3 Å². The Kier molecular flexibility index (Phi) is 5.78. The summed E-state index contributed by atoms with van der Waals surface area (Å²) in [6.07, 6.45) is 1.40. The number of thiazole rings is 1. The number of carbonyl (C=O) groups is 3. The number of rotatable bonds is 7. The molecule has 1 N–H and O–H groups in total. The summed E-state index contributed by atoms with van der Waals surface area (Å²) in [5.41, 5.74) is 3.20. The second kappa shape index (κ2) is 8.23. The summed E-state index contributed by atoms with van der Waals surface area (Å²) in [7, 11) is 0. The summed E-state index contributed by atoms with van der Waals surface area (Å²) in [5.74, 6) is -0.511. The molecule has 26 heavy (non-hydrogen) atoms. The van der Waals surface area contributed by atoms with Crippen molar-refractivity contribution in [1.29, 1.82) is 0 Å². The van der Waals surface area contributed by atoms with E-state index in [-0.39, 0.29) is 43.5 Å². The first-order chi connectivity index (χ1) is 12.5. The van der Waals surface area contributed by atoms with E-state index in [4.69, 9.17) is 0 Å². The predicted octanol–water partition coefficient (Wildman–Crippen LogP) is 2.32. The van der Waals surface area contributed by atoms with Crippen molar-refractivity contribution in [3.05, 3.63) is 40.2 Å². The molecular weight excluding hydrogens is 350 g/mol. The van der Waals surface area contributed by atoms with Gasteiger partial charge in [-0.3, -0.25) is 19.3 Å². The Balaban J connectivity index is 1.41. The Labute approximate surface area is 156 Å². The van der Waals surface area contributed by atoms with Crippen molar-refractivity contribution in [3.8, 4) is 11.3 Å². The topological polar surface area (TPSA) is 79.4 Å². The van der Waals surface area contributed by atoms with E-state index in [2.05, 4.69) is 10.3 Å². The van der Waals surface area contributed by atoms with Gasteiger partial charge < -0.3 is 5.32 Å². The van der Waals surface area contributed by atoms with Crippen molar-refractivity contribution in [2.24, 2.45) is 0 Å². The van der Waals surface area contributed by atoms with Gasteiger partial charge in [-0.05, 0) is 18.9 Å². The number of nitrogens with zero attached hydrogens (tertiary/aromatic N) is 2. The Morgan fingerprint density at radius 1 is 1.19 bits per heavy atom. The molecular formula is C19H21N3O3S. The van der Waals surface area contributed by atoms with Crippen LogP contribution in [0.5, 0.6) is 0 Å². The third-order valence-electron chi connectivity index (χ3n) is 4.32. The molecule has 0 unspecified atom stereocenters. The molecule has 0 saturated carbocycles.